The first-order valence-electron chi connectivity index (χ1n) is 6.97. The van der Waals surface area contributed by atoms with Crippen LogP contribution in [0.2, 0.25) is 0 Å². The summed E-state index contributed by atoms with van der Waals surface area (Å²) >= 11 is 0. The summed E-state index contributed by atoms with van der Waals surface area (Å²) < 4.78 is 5.60. The highest BCUT2D eigenvalue weighted by Crippen LogP contribution is 2.38. The van der Waals surface area contributed by atoms with Crippen molar-refractivity contribution in [2.75, 3.05) is 7.11 Å². The lowest BCUT2D eigenvalue weighted by atomic mass is 9.92. The predicted molar refractivity (Wildman–Crippen MR) is 76.3 cm³/mol. The van der Waals surface area contributed by atoms with E-state index in [1.54, 1.807) is 7.11 Å². The van der Waals surface area contributed by atoms with Crippen LogP contribution in [0.15, 0.2) is 12.1 Å². The van der Waals surface area contributed by atoms with Gasteiger partial charge < -0.3 is 10.5 Å². The van der Waals surface area contributed by atoms with Gasteiger partial charge in [-0.2, -0.15) is 0 Å². The summed E-state index contributed by atoms with van der Waals surface area (Å²) in [5, 5.41) is 0. The van der Waals surface area contributed by atoms with E-state index in [2.05, 4.69) is 32.9 Å². The molecule has 0 spiro atoms. The molecule has 1 aliphatic rings. The van der Waals surface area contributed by atoms with Gasteiger partial charge in [-0.1, -0.05) is 32.9 Å². The standard InChI is InChI=1S/C16H25NO/c1-5-13-8-12(10-16(17)6-7-16)9-14(11(2)3)15(13)18-4/h8-9,11H,5-7,10,17H2,1-4H3. The number of aryl methyl sites for hydroxylation is 1. The number of methoxy groups -OCH3 is 1. The second-order valence-corrected chi connectivity index (χ2v) is 5.92. The van der Waals surface area contributed by atoms with Crippen molar-refractivity contribution in [1.82, 2.24) is 0 Å². The van der Waals surface area contributed by atoms with Gasteiger partial charge in [-0.15, -0.1) is 0 Å². The van der Waals surface area contributed by atoms with E-state index < -0.39 is 0 Å². The van der Waals surface area contributed by atoms with Crippen LogP contribution in [0.5, 0.6) is 5.75 Å². The van der Waals surface area contributed by atoms with Crippen molar-refractivity contribution in [2.45, 2.75) is 57.9 Å². The lowest BCUT2D eigenvalue weighted by Crippen LogP contribution is -2.24. The minimum atomic E-state index is 0.0772. The Morgan fingerprint density at radius 3 is 2.44 bits per heavy atom. The molecule has 2 rings (SSSR count). The summed E-state index contributed by atoms with van der Waals surface area (Å²) in [5.74, 6) is 1.55. The van der Waals surface area contributed by atoms with Crippen LogP contribution < -0.4 is 10.5 Å². The van der Waals surface area contributed by atoms with Gasteiger partial charge in [0.15, 0.2) is 0 Å². The van der Waals surface area contributed by atoms with Crippen LogP contribution in [0.4, 0.5) is 0 Å². The summed E-state index contributed by atoms with van der Waals surface area (Å²) in [6.45, 7) is 6.62. The SMILES string of the molecule is CCc1cc(CC2(N)CC2)cc(C(C)C)c1OC. The first kappa shape index (κ1) is 13.4. The summed E-state index contributed by atoms with van der Waals surface area (Å²) in [6, 6.07) is 4.56. The van der Waals surface area contributed by atoms with Crippen LogP contribution in [-0.4, -0.2) is 12.6 Å². The third kappa shape index (κ3) is 2.69. The van der Waals surface area contributed by atoms with Gasteiger partial charge in [0, 0.05) is 5.54 Å². The molecule has 2 nitrogen and oxygen atoms in total. The van der Waals surface area contributed by atoms with E-state index in [0.717, 1.165) is 31.4 Å². The Balaban J connectivity index is 2.39. The van der Waals surface area contributed by atoms with Crippen molar-refractivity contribution < 1.29 is 4.74 Å². The Morgan fingerprint density at radius 1 is 1.33 bits per heavy atom. The Bertz CT molecular complexity index is 433. The molecule has 0 saturated heterocycles. The highest BCUT2D eigenvalue weighted by Gasteiger charge is 2.38. The highest BCUT2D eigenvalue weighted by atomic mass is 16.5. The van der Waals surface area contributed by atoms with Crippen LogP contribution in [0.1, 0.15) is 56.2 Å². The van der Waals surface area contributed by atoms with Gasteiger partial charge in [-0.05, 0) is 48.3 Å². The lowest BCUT2D eigenvalue weighted by Gasteiger charge is -2.19. The van der Waals surface area contributed by atoms with Gasteiger partial charge in [0.05, 0.1) is 7.11 Å². The molecule has 1 saturated carbocycles. The largest absolute Gasteiger partial charge is 0.496 e. The normalized spacial score (nSPS) is 17.0. The molecule has 1 aromatic carbocycles. The Hall–Kier alpha value is -1.02. The van der Waals surface area contributed by atoms with E-state index in [1.165, 1.54) is 16.7 Å². The molecule has 1 fully saturated rings. The fraction of sp³-hybridized carbons (Fsp3) is 0.625. The van der Waals surface area contributed by atoms with Crippen LogP contribution in [0.3, 0.4) is 0 Å². The van der Waals surface area contributed by atoms with Crippen LogP contribution in [-0.2, 0) is 12.8 Å². The fourth-order valence-electron chi connectivity index (χ4n) is 2.57. The second kappa shape index (κ2) is 4.93. The topological polar surface area (TPSA) is 35.2 Å². The van der Waals surface area contributed by atoms with Gasteiger partial charge in [0.1, 0.15) is 5.75 Å². The highest BCUT2D eigenvalue weighted by molar-refractivity contribution is 5.47. The monoisotopic (exact) mass is 247 g/mol. The average Bonchev–Trinajstić information content (AvgIpc) is 3.05. The maximum atomic E-state index is 6.24. The molecule has 0 aromatic heterocycles. The predicted octanol–water partition coefficient (Wildman–Crippen LogP) is 3.41. The molecule has 2 N–H and O–H groups in total. The quantitative estimate of drug-likeness (QED) is 0.865. The second-order valence-electron chi connectivity index (χ2n) is 5.92. The van der Waals surface area contributed by atoms with Gasteiger partial charge in [-0.25, -0.2) is 0 Å². The molecular weight excluding hydrogens is 222 g/mol. The van der Waals surface area contributed by atoms with Crippen molar-refractivity contribution in [3.05, 3.63) is 28.8 Å². The number of ether oxygens (including phenoxy) is 1. The lowest BCUT2D eigenvalue weighted by molar-refractivity contribution is 0.402. The molecule has 0 radical (unpaired) electrons. The molecule has 0 unspecified atom stereocenters. The van der Waals surface area contributed by atoms with E-state index in [4.69, 9.17) is 10.5 Å². The van der Waals surface area contributed by atoms with Crippen molar-refractivity contribution in [2.24, 2.45) is 5.73 Å². The van der Waals surface area contributed by atoms with Crippen LogP contribution in [0.25, 0.3) is 0 Å². The van der Waals surface area contributed by atoms with Gasteiger partial charge in [0.25, 0.3) is 0 Å². The van der Waals surface area contributed by atoms with Crippen LogP contribution >= 0.6 is 0 Å². The number of hydrogen-bond acceptors (Lipinski definition) is 2. The van der Waals surface area contributed by atoms with Crippen molar-refractivity contribution in [3.63, 3.8) is 0 Å². The Kier molecular flexibility index (Phi) is 3.67. The molecule has 1 aliphatic carbocycles. The number of rotatable bonds is 5. The molecule has 0 heterocycles. The molecule has 0 aliphatic heterocycles. The first-order valence-corrected chi connectivity index (χ1v) is 6.97. The molecular formula is C16H25NO. The minimum absolute atomic E-state index is 0.0772. The average molecular weight is 247 g/mol. The number of nitrogens with two attached hydrogens (primary N) is 1. The molecule has 1 aromatic rings. The zero-order valence-electron chi connectivity index (χ0n) is 12.0. The van der Waals surface area contributed by atoms with E-state index in [-0.39, 0.29) is 5.54 Å². The van der Waals surface area contributed by atoms with E-state index in [0.29, 0.717) is 5.92 Å². The van der Waals surface area contributed by atoms with Gasteiger partial charge >= 0.3 is 0 Å². The van der Waals surface area contributed by atoms with Gasteiger partial charge in [-0.3, -0.25) is 0 Å². The summed E-state index contributed by atoms with van der Waals surface area (Å²) in [6.07, 6.45) is 4.34. The van der Waals surface area contributed by atoms with Crippen molar-refractivity contribution in [3.8, 4) is 5.75 Å². The smallest absolute Gasteiger partial charge is 0.125 e. The number of benzene rings is 1. The maximum absolute atomic E-state index is 6.24. The Morgan fingerprint density at radius 2 is 2.00 bits per heavy atom. The molecule has 0 bridgehead atoms. The van der Waals surface area contributed by atoms with E-state index >= 15 is 0 Å². The molecule has 0 atom stereocenters. The van der Waals surface area contributed by atoms with Crippen LogP contribution in [0, 0.1) is 0 Å². The molecule has 0 amide bonds. The zero-order chi connectivity index (χ0) is 13.3. The summed E-state index contributed by atoms with van der Waals surface area (Å²) in [7, 11) is 1.77. The molecule has 2 heteroatoms. The summed E-state index contributed by atoms with van der Waals surface area (Å²) in [4.78, 5) is 0. The van der Waals surface area contributed by atoms with E-state index in [1.807, 2.05) is 0 Å². The molecule has 100 valence electrons. The summed E-state index contributed by atoms with van der Waals surface area (Å²) in [5.41, 5.74) is 10.3. The van der Waals surface area contributed by atoms with Crippen molar-refractivity contribution in [1.29, 1.82) is 0 Å². The molecule has 18 heavy (non-hydrogen) atoms. The van der Waals surface area contributed by atoms with E-state index in [9.17, 15) is 0 Å². The number of hydrogen-bond donors (Lipinski definition) is 1. The maximum Gasteiger partial charge on any atom is 0.125 e. The fourth-order valence-corrected chi connectivity index (χ4v) is 2.57. The third-order valence-electron chi connectivity index (χ3n) is 3.91. The van der Waals surface area contributed by atoms with Gasteiger partial charge in [0.2, 0.25) is 0 Å². The Labute approximate surface area is 111 Å². The third-order valence-corrected chi connectivity index (χ3v) is 3.91. The zero-order valence-corrected chi connectivity index (χ0v) is 12.0. The minimum Gasteiger partial charge on any atom is -0.496 e. The first-order chi connectivity index (χ1) is 8.49. The van der Waals surface area contributed by atoms with Crippen molar-refractivity contribution >= 4 is 0 Å².